The zero-order valence-electron chi connectivity index (χ0n) is 13.4. The SMILES string of the molecule is CN=C(NCc1ccc(OC)c(Br)c1)NCC1(C)CCCS1. The molecule has 0 aliphatic carbocycles. The lowest BCUT2D eigenvalue weighted by atomic mass is 10.1. The lowest BCUT2D eigenvalue weighted by Gasteiger charge is -2.24. The van der Waals surface area contributed by atoms with Gasteiger partial charge in [0.1, 0.15) is 5.75 Å². The second-order valence-corrected chi connectivity index (χ2v) is 8.19. The number of guanidine groups is 1. The molecule has 0 radical (unpaired) electrons. The Bertz CT molecular complexity index is 530. The van der Waals surface area contributed by atoms with Crippen LogP contribution in [0.3, 0.4) is 0 Å². The van der Waals surface area contributed by atoms with E-state index < -0.39 is 0 Å². The monoisotopic (exact) mass is 385 g/mol. The van der Waals surface area contributed by atoms with Crippen LogP contribution in [0.4, 0.5) is 0 Å². The normalized spacial score (nSPS) is 21.7. The molecule has 0 aromatic heterocycles. The van der Waals surface area contributed by atoms with Crippen molar-refractivity contribution >= 4 is 33.7 Å². The summed E-state index contributed by atoms with van der Waals surface area (Å²) in [5.41, 5.74) is 1.18. The zero-order valence-corrected chi connectivity index (χ0v) is 15.8. The van der Waals surface area contributed by atoms with E-state index in [0.29, 0.717) is 4.75 Å². The second kappa shape index (κ2) is 8.11. The van der Waals surface area contributed by atoms with Crippen molar-refractivity contribution in [2.75, 3.05) is 26.5 Å². The maximum atomic E-state index is 5.25. The molecule has 1 heterocycles. The predicted octanol–water partition coefficient (Wildman–Crippen LogP) is 3.41. The summed E-state index contributed by atoms with van der Waals surface area (Å²) in [6, 6.07) is 6.08. The van der Waals surface area contributed by atoms with Crippen LogP contribution in [0.15, 0.2) is 27.7 Å². The Kier molecular flexibility index (Phi) is 6.44. The van der Waals surface area contributed by atoms with Crippen LogP contribution in [0, 0.1) is 0 Å². The van der Waals surface area contributed by atoms with E-state index in [2.05, 4.69) is 62.4 Å². The first-order valence-corrected chi connectivity index (χ1v) is 9.25. The zero-order chi connectivity index (χ0) is 16.0. The van der Waals surface area contributed by atoms with Crippen LogP contribution >= 0.6 is 27.7 Å². The minimum absolute atomic E-state index is 0.334. The van der Waals surface area contributed by atoms with Gasteiger partial charge in [-0.3, -0.25) is 4.99 Å². The number of rotatable bonds is 5. The fourth-order valence-corrected chi connectivity index (χ4v) is 4.31. The van der Waals surface area contributed by atoms with Crippen molar-refractivity contribution < 1.29 is 4.74 Å². The largest absolute Gasteiger partial charge is 0.496 e. The van der Waals surface area contributed by atoms with Crippen molar-refractivity contribution in [2.45, 2.75) is 31.1 Å². The molecule has 0 bridgehead atoms. The molecule has 1 unspecified atom stereocenters. The molecular formula is C16H24BrN3OS. The molecule has 0 saturated carbocycles. The maximum Gasteiger partial charge on any atom is 0.191 e. The van der Waals surface area contributed by atoms with Crippen LogP contribution in [-0.4, -0.2) is 37.2 Å². The molecule has 1 aromatic carbocycles. The van der Waals surface area contributed by atoms with E-state index in [1.807, 2.05) is 13.1 Å². The van der Waals surface area contributed by atoms with Gasteiger partial charge >= 0.3 is 0 Å². The van der Waals surface area contributed by atoms with Crippen molar-refractivity contribution in [1.82, 2.24) is 10.6 Å². The molecule has 1 saturated heterocycles. The Balaban J connectivity index is 1.84. The number of ether oxygens (including phenoxy) is 1. The van der Waals surface area contributed by atoms with E-state index in [1.165, 1.54) is 24.2 Å². The highest BCUT2D eigenvalue weighted by molar-refractivity contribution is 9.10. The lowest BCUT2D eigenvalue weighted by Crippen LogP contribution is -2.43. The van der Waals surface area contributed by atoms with Crippen LogP contribution in [0.1, 0.15) is 25.3 Å². The van der Waals surface area contributed by atoms with E-state index in [9.17, 15) is 0 Å². The Morgan fingerprint density at radius 3 is 2.86 bits per heavy atom. The highest BCUT2D eigenvalue weighted by Crippen LogP contribution is 2.36. The van der Waals surface area contributed by atoms with Gasteiger partial charge in [0.05, 0.1) is 11.6 Å². The lowest BCUT2D eigenvalue weighted by molar-refractivity contribution is 0.412. The molecule has 0 amide bonds. The van der Waals surface area contributed by atoms with Gasteiger partial charge in [-0.15, -0.1) is 0 Å². The summed E-state index contributed by atoms with van der Waals surface area (Å²) in [6.45, 7) is 4.00. The Morgan fingerprint density at radius 2 is 2.27 bits per heavy atom. The molecular weight excluding hydrogens is 362 g/mol. The summed E-state index contributed by atoms with van der Waals surface area (Å²) < 4.78 is 6.55. The first-order chi connectivity index (χ1) is 10.6. The van der Waals surface area contributed by atoms with Gasteiger partial charge < -0.3 is 15.4 Å². The highest BCUT2D eigenvalue weighted by Gasteiger charge is 2.29. The number of aliphatic imine (C=N–C) groups is 1. The summed E-state index contributed by atoms with van der Waals surface area (Å²) >= 11 is 5.56. The number of thioether (sulfide) groups is 1. The van der Waals surface area contributed by atoms with Crippen LogP contribution in [0.25, 0.3) is 0 Å². The van der Waals surface area contributed by atoms with E-state index in [4.69, 9.17) is 4.74 Å². The van der Waals surface area contributed by atoms with Crippen LogP contribution < -0.4 is 15.4 Å². The van der Waals surface area contributed by atoms with Crippen LogP contribution in [0.2, 0.25) is 0 Å². The molecule has 1 aromatic rings. The van der Waals surface area contributed by atoms with Gasteiger partial charge in [0.2, 0.25) is 0 Å². The Labute approximate surface area is 145 Å². The van der Waals surface area contributed by atoms with Gasteiger partial charge in [0, 0.05) is 24.9 Å². The summed E-state index contributed by atoms with van der Waals surface area (Å²) in [7, 11) is 3.48. The summed E-state index contributed by atoms with van der Waals surface area (Å²) in [6.07, 6.45) is 2.59. The standard InChI is InChI=1S/C16H24BrN3OS/c1-16(7-4-8-22-16)11-20-15(18-2)19-10-12-5-6-14(21-3)13(17)9-12/h5-6,9H,4,7-8,10-11H2,1-3H3,(H2,18,19,20). The van der Waals surface area contributed by atoms with Gasteiger partial charge in [-0.25, -0.2) is 0 Å². The molecule has 1 aliphatic heterocycles. The Hall–Kier alpha value is -0.880. The molecule has 2 rings (SSSR count). The molecule has 1 aliphatic rings. The summed E-state index contributed by atoms with van der Waals surface area (Å²) in [5, 5.41) is 6.80. The molecule has 122 valence electrons. The summed E-state index contributed by atoms with van der Waals surface area (Å²) in [5.74, 6) is 2.96. The first kappa shape index (κ1) is 17.5. The van der Waals surface area contributed by atoms with E-state index in [1.54, 1.807) is 7.11 Å². The highest BCUT2D eigenvalue weighted by atomic mass is 79.9. The van der Waals surface area contributed by atoms with E-state index in [0.717, 1.165) is 29.3 Å². The molecule has 22 heavy (non-hydrogen) atoms. The number of nitrogens with one attached hydrogen (secondary N) is 2. The average Bonchev–Trinajstić information content (AvgIpc) is 2.94. The van der Waals surface area contributed by atoms with E-state index >= 15 is 0 Å². The van der Waals surface area contributed by atoms with Gasteiger partial charge in [-0.2, -0.15) is 11.8 Å². The molecule has 6 heteroatoms. The number of halogens is 1. The van der Waals surface area contributed by atoms with Crippen molar-refractivity contribution in [2.24, 2.45) is 4.99 Å². The number of nitrogens with zero attached hydrogens (tertiary/aromatic N) is 1. The maximum absolute atomic E-state index is 5.25. The van der Waals surface area contributed by atoms with Gasteiger partial charge in [-0.05, 0) is 59.1 Å². The number of hydrogen-bond acceptors (Lipinski definition) is 3. The first-order valence-electron chi connectivity index (χ1n) is 7.47. The van der Waals surface area contributed by atoms with Gasteiger partial charge in [0.15, 0.2) is 5.96 Å². The second-order valence-electron chi connectivity index (χ2n) is 5.65. The molecule has 1 fully saturated rings. The minimum Gasteiger partial charge on any atom is -0.496 e. The fourth-order valence-electron chi connectivity index (χ4n) is 2.47. The quantitative estimate of drug-likeness (QED) is 0.602. The van der Waals surface area contributed by atoms with Crippen molar-refractivity contribution in [1.29, 1.82) is 0 Å². The number of methoxy groups -OCH3 is 1. The van der Waals surface area contributed by atoms with Crippen molar-refractivity contribution in [3.8, 4) is 5.75 Å². The molecule has 4 nitrogen and oxygen atoms in total. The molecule has 0 spiro atoms. The summed E-state index contributed by atoms with van der Waals surface area (Å²) in [4.78, 5) is 4.30. The molecule has 2 N–H and O–H groups in total. The van der Waals surface area contributed by atoms with Gasteiger partial charge in [0.25, 0.3) is 0 Å². The average molecular weight is 386 g/mol. The van der Waals surface area contributed by atoms with Crippen molar-refractivity contribution in [3.63, 3.8) is 0 Å². The third-order valence-electron chi connectivity index (χ3n) is 3.83. The minimum atomic E-state index is 0.334. The van der Waals surface area contributed by atoms with Crippen molar-refractivity contribution in [3.05, 3.63) is 28.2 Å². The topological polar surface area (TPSA) is 45.7 Å². The smallest absolute Gasteiger partial charge is 0.191 e. The van der Waals surface area contributed by atoms with Crippen LogP contribution in [0.5, 0.6) is 5.75 Å². The number of benzene rings is 1. The Morgan fingerprint density at radius 1 is 1.45 bits per heavy atom. The fraction of sp³-hybridized carbons (Fsp3) is 0.562. The number of hydrogen-bond donors (Lipinski definition) is 2. The molecule has 1 atom stereocenters. The van der Waals surface area contributed by atoms with Crippen LogP contribution in [-0.2, 0) is 6.54 Å². The van der Waals surface area contributed by atoms with E-state index in [-0.39, 0.29) is 0 Å². The van der Waals surface area contributed by atoms with Gasteiger partial charge in [-0.1, -0.05) is 6.07 Å². The predicted molar refractivity (Wildman–Crippen MR) is 99.0 cm³/mol. The third kappa shape index (κ3) is 4.81. The third-order valence-corrected chi connectivity index (χ3v) is 5.99.